The van der Waals surface area contributed by atoms with Gasteiger partial charge in [-0.15, -0.1) is 11.8 Å². The number of carbonyl (C=O) groups is 3. The molecule has 0 saturated heterocycles. The zero-order valence-electron chi connectivity index (χ0n) is 16.5. The van der Waals surface area contributed by atoms with E-state index in [9.17, 15) is 14.4 Å². The summed E-state index contributed by atoms with van der Waals surface area (Å²) in [5.41, 5.74) is 1.14. The van der Waals surface area contributed by atoms with Gasteiger partial charge in [-0.1, -0.05) is 49.6 Å². The molecule has 7 heteroatoms. The molecule has 1 aromatic rings. The second-order valence-corrected chi connectivity index (χ2v) is 8.02. The van der Waals surface area contributed by atoms with Gasteiger partial charge in [0.15, 0.2) is 6.61 Å². The Morgan fingerprint density at radius 2 is 1.82 bits per heavy atom. The average molecular weight is 407 g/mol. The van der Waals surface area contributed by atoms with Crippen molar-refractivity contribution in [3.05, 3.63) is 35.9 Å². The highest BCUT2D eigenvalue weighted by atomic mass is 32.2. The van der Waals surface area contributed by atoms with Crippen LogP contribution < -0.4 is 5.32 Å². The maximum Gasteiger partial charge on any atom is 0.316 e. The van der Waals surface area contributed by atoms with Crippen LogP contribution in [0.15, 0.2) is 30.3 Å². The number of hydrogen-bond acceptors (Lipinski definition) is 5. The van der Waals surface area contributed by atoms with E-state index >= 15 is 0 Å². The summed E-state index contributed by atoms with van der Waals surface area (Å²) in [4.78, 5) is 37.5. The van der Waals surface area contributed by atoms with E-state index in [0.29, 0.717) is 12.6 Å². The third kappa shape index (κ3) is 8.33. The lowest BCUT2D eigenvalue weighted by molar-refractivity contribution is -0.145. The molecule has 1 saturated carbocycles. The van der Waals surface area contributed by atoms with Gasteiger partial charge in [0.25, 0.3) is 5.91 Å². The normalized spacial score (nSPS) is 14.3. The highest BCUT2D eigenvalue weighted by Gasteiger charge is 2.22. The monoisotopic (exact) mass is 406 g/mol. The predicted molar refractivity (Wildman–Crippen MR) is 111 cm³/mol. The summed E-state index contributed by atoms with van der Waals surface area (Å²) in [6.07, 6.45) is 6.46. The van der Waals surface area contributed by atoms with Gasteiger partial charge in [-0.2, -0.15) is 0 Å². The molecule has 1 aliphatic rings. The van der Waals surface area contributed by atoms with Crippen molar-refractivity contribution >= 4 is 29.5 Å². The van der Waals surface area contributed by atoms with Crippen LogP contribution in [0, 0.1) is 0 Å². The highest BCUT2D eigenvalue weighted by molar-refractivity contribution is 8.00. The predicted octanol–water partition coefficient (Wildman–Crippen LogP) is 2.41. The number of ether oxygens (including phenoxy) is 1. The Bertz CT molecular complexity index is 633. The summed E-state index contributed by atoms with van der Waals surface area (Å²) in [7, 11) is 1.84. The van der Waals surface area contributed by atoms with E-state index in [1.807, 2.05) is 42.3 Å². The van der Waals surface area contributed by atoms with Crippen LogP contribution in [0.3, 0.4) is 0 Å². The Morgan fingerprint density at radius 3 is 2.54 bits per heavy atom. The van der Waals surface area contributed by atoms with Crippen molar-refractivity contribution in [2.75, 3.05) is 31.7 Å². The van der Waals surface area contributed by atoms with Crippen molar-refractivity contribution in [2.45, 2.75) is 44.6 Å². The molecule has 0 radical (unpaired) electrons. The van der Waals surface area contributed by atoms with Gasteiger partial charge < -0.3 is 15.0 Å². The summed E-state index contributed by atoms with van der Waals surface area (Å²) in [6, 6.07) is 10.2. The minimum atomic E-state index is -0.476. The molecule has 0 unspecified atom stereocenters. The molecule has 0 heterocycles. The SMILES string of the molecule is CN(C(=O)CSCC(=O)OCC(=O)NCCc1ccccc1)C1CCCCC1. The van der Waals surface area contributed by atoms with Crippen molar-refractivity contribution in [3.8, 4) is 0 Å². The van der Waals surface area contributed by atoms with Gasteiger partial charge in [-0.3, -0.25) is 14.4 Å². The Balaban J connectivity index is 1.53. The minimum absolute atomic E-state index is 0.0448. The first-order valence-electron chi connectivity index (χ1n) is 9.86. The molecule has 1 fully saturated rings. The molecule has 1 N–H and O–H groups in total. The number of nitrogens with zero attached hydrogens (tertiary/aromatic N) is 1. The van der Waals surface area contributed by atoms with Crippen LogP contribution in [-0.4, -0.2) is 60.4 Å². The Hall–Kier alpha value is -2.02. The quantitative estimate of drug-likeness (QED) is 0.604. The Morgan fingerprint density at radius 1 is 1.11 bits per heavy atom. The number of thioether (sulfide) groups is 1. The number of nitrogens with one attached hydrogen (secondary N) is 1. The molecular formula is C21H30N2O4S. The first kappa shape index (κ1) is 22.3. The average Bonchev–Trinajstić information content (AvgIpc) is 2.73. The maximum atomic E-state index is 12.2. The van der Waals surface area contributed by atoms with Gasteiger partial charge in [0.05, 0.1) is 11.5 Å². The molecule has 28 heavy (non-hydrogen) atoms. The zero-order valence-corrected chi connectivity index (χ0v) is 17.3. The van der Waals surface area contributed by atoms with E-state index in [-0.39, 0.29) is 29.9 Å². The lowest BCUT2D eigenvalue weighted by Crippen LogP contribution is -2.39. The summed E-state index contributed by atoms with van der Waals surface area (Å²) in [5.74, 6) is -0.422. The van der Waals surface area contributed by atoms with Crippen LogP contribution in [0.4, 0.5) is 0 Å². The number of carbonyl (C=O) groups excluding carboxylic acids is 3. The number of rotatable bonds is 10. The van der Waals surface area contributed by atoms with E-state index < -0.39 is 5.97 Å². The minimum Gasteiger partial charge on any atom is -0.455 e. The molecular weight excluding hydrogens is 376 g/mol. The van der Waals surface area contributed by atoms with E-state index in [4.69, 9.17) is 4.74 Å². The second kappa shape index (κ2) is 12.4. The fourth-order valence-corrected chi connectivity index (χ4v) is 3.96. The number of benzene rings is 1. The number of hydrogen-bond donors (Lipinski definition) is 1. The van der Waals surface area contributed by atoms with Gasteiger partial charge in [-0.05, 0) is 24.8 Å². The van der Waals surface area contributed by atoms with Crippen LogP contribution >= 0.6 is 11.8 Å². The molecule has 0 atom stereocenters. The van der Waals surface area contributed by atoms with Crippen LogP contribution in [0.2, 0.25) is 0 Å². The van der Waals surface area contributed by atoms with Crippen LogP contribution in [0.25, 0.3) is 0 Å². The van der Waals surface area contributed by atoms with Crippen molar-refractivity contribution in [1.82, 2.24) is 10.2 Å². The molecule has 0 spiro atoms. The smallest absolute Gasteiger partial charge is 0.316 e. The van der Waals surface area contributed by atoms with E-state index in [1.165, 1.54) is 31.0 Å². The topological polar surface area (TPSA) is 75.7 Å². The van der Waals surface area contributed by atoms with Crippen molar-refractivity contribution in [2.24, 2.45) is 0 Å². The molecule has 0 bridgehead atoms. The third-order valence-electron chi connectivity index (χ3n) is 4.90. The van der Waals surface area contributed by atoms with E-state index in [1.54, 1.807) is 0 Å². The van der Waals surface area contributed by atoms with Crippen molar-refractivity contribution in [3.63, 3.8) is 0 Å². The van der Waals surface area contributed by atoms with Gasteiger partial charge in [-0.25, -0.2) is 0 Å². The Labute approximate surface area is 171 Å². The highest BCUT2D eigenvalue weighted by Crippen LogP contribution is 2.22. The van der Waals surface area contributed by atoms with Crippen molar-refractivity contribution in [1.29, 1.82) is 0 Å². The second-order valence-electron chi connectivity index (χ2n) is 7.04. The number of amides is 2. The maximum absolute atomic E-state index is 12.2. The van der Waals surface area contributed by atoms with Crippen molar-refractivity contribution < 1.29 is 19.1 Å². The van der Waals surface area contributed by atoms with Crippen LogP contribution in [0.5, 0.6) is 0 Å². The number of esters is 1. The van der Waals surface area contributed by atoms with Gasteiger partial charge in [0.1, 0.15) is 0 Å². The lowest BCUT2D eigenvalue weighted by Gasteiger charge is -2.31. The van der Waals surface area contributed by atoms with Crippen LogP contribution in [0.1, 0.15) is 37.7 Å². The summed E-state index contributed by atoms with van der Waals surface area (Å²) >= 11 is 1.23. The molecule has 2 rings (SSSR count). The first-order valence-corrected chi connectivity index (χ1v) is 11.0. The summed E-state index contributed by atoms with van der Waals surface area (Å²) < 4.78 is 4.97. The lowest BCUT2D eigenvalue weighted by atomic mass is 9.94. The molecule has 0 aromatic heterocycles. The molecule has 1 aromatic carbocycles. The fraction of sp³-hybridized carbons (Fsp3) is 0.571. The largest absolute Gasteiger partial charge is 0.455 e. The fourth-order valence-electron chi connectivity index (χ4n) is 3.23. The molecule has 6 nitrogen and oxygen atoms in total. The first-order chi connectivity index (χ1) is 13.6. The molecule has 154 valence electrons. The Kier molecular flexibility index (Phi) is 9.90. The molecule has 0 aliphatic heterocycles. The third-order valence-corrected chi connectivity index (χ3v) is 5.80. The summed E-state index contributed by atoms with van der Waals surface area (Å²) in [6.45, 7) is 0.210. The van der Waals surface area contributed by atoms with E-state index in [2.05, 4.69) is 5.32 Å². The van der Waals surface area contributed by atoms with Gasteiger partial charge in [0, 0.05) is 19.6 Å². The zero-order chi connectivity index (χ0) is 20.2. The van der Waals surface area contributed by atoms with Gasteiger partial charge >= 0.3 is 5.97 Å². The van der Waals surface area contributed by atoms with Crippen LogP contribution in [-0.2, 0) is 25.5 Å². The summed E-state index contributed by atoms with van der Waals surface area (Å²) in [5, 5.41) is 2.73. The molecule has 2 amide bonds. The van der Waals surface area contributed by atoms with Gasteiger partial charge in [0.2, 0.25) is 5.91 Å². The standard InChI is InChI=1S/C21H30N2O4S/c1-23(18-10-6-3-7-11-18)20(25)15-28-16-21(26)27-14-19(24)22-13-12-17-8-4-2-5-9-17/h2,4-5,8-9,18H,3,6-7,10-16H2,1H3,(H,22,24). The molecule has 1 aliphatic carbocycles. The van der Waals surface area contributed by atoms with E-state index in [0.717, 1.165) is 24.8 Å².